The molecule has 2 rings (SSSR count). The highest BCUT2D eigenvalue weighted by Gasteiger charge is 2.53. The number of hydrogen-bond acceptors (Lipinski definition) is 2. The average molecular weight is 214 g/mol. The first kappa shape index (κ1) is 10.7. The van der Waals surface area contributed by atoms with Gasteiger partial charge >= 0.3 is 0 Å². The first-order chi connectivity index (χ1) is 7.57. The van der Waals surface area contributed by atoms with Crippen molar-refractivity contribution in [2.24, 2.45) is 5.92 Å². The van der Waals surface area contributed by atoms with Crippen LogP contribution in [0.2, 0.25) is 0 Å². The third-order valence-electron chi connectivity index (χ3n) is 3.23. The van der Waals surface area contributed by atoms with Crippen molar-refractivity contribution in [2.45, 2.75) is 25.9 Å². The summed E-state index contributed by atoms with van der Waals surface area (Å²) in [6.07, 6.45) is 0. The Kier molecular flexibility index (Phi) is 2.43. The molecule has 0 radical (unpaired) electrons. The molecule has 1 heterocycles. The largest absolute Gasteiger partial charge is 0.330 e. The Bertz CT molecular complexity index is 445. The van der Waals surface area contributed by atoms with Crippen LogP contribution in [-0.2, 0) is 11.3 Å². The number of carbonyl (C=O) groups is 1. The lowest BCUT2D eigenvalue weighted by Gasteiger charge is -2.51. The van der Waals surface area contributed by atoms with E-state index in [2.05, 4.69) is 6.07 Å². The SMILES string of the molecule is CC1(C)C(C#N)C(=O)N1Cc1ccccc1. The summed E-state index contributed by atoms with van der Waals surface area (Å²) in [5, 5.41) is 8.88. The minimum atomic E-state index is -0.490. The van der Waals surface area contributed by atoms with Gasteiger partial charge in [0, 0.05) is 6.54 Å². The van der Waals surface area contributed by atoms with Crippen LogP contribution in [0.1, 0.15) is 19.4 Å². The molecule has 0 bridgehead atoms. The molecule has 0 saturated carbocycles. The Morgan fingerprint density at radius 3 is 2.50 bits per heavy atom. The minimum absolute atomic E-state index is 0.0589. The molecule has 82 valence electrons. The van der Waals surface area contributed by atoms with Crippen LogP contribution in [0, 0.1) is 17.2 Å². The van der Waals surface area contributed by atoms with Crippen LogP contribution in [0.5, 0.6) is 0 Å². The lowest BCUT2D eigenvalue weighted by Crippen LogP contribution is -2.66. The molecule has 1 saturated heterocycles. The van der Waals surface area contributed by atoms with Crippen molar-refractivity contribution in [2.75, 3.05) is 0 Å². The molecule has 16 heavy (non-hydrogen) atoms. The van der Waals surface area contributed by atoms with E-state index >= 15 is 0 Å². The Balaban J connectivity index is 2.14. The molecule has 1 unspecified atom stereocenters. The van der Waals surface area contributed by atoms with Crippen LogP contribution in [0.3, 0.4) is 0 Å². The van der Waals surface area contributed by atoms with Crippen molar-refractivity contribution < 1.29 is 4.79 Å². The van der Waals surface area contributed by atoms with E-state index in [1.807, 2.05) is 44.2 Å². The normalized spacial score (nSPS) is 22.4. The van der Waals surface area contributed by atoms with Crippen molar-refractivity contribution in [1.29, 1.82) is 5.26 Å². The summed E-state index contributed by atoms with van der Waals surface area (Å²) in [5.74, 6) is -0.549. The standard InChI is InChI=1S/C13H14N2O/c1-13(2)11(8-14)12(16)15(13)9-10-6-4-3-5-7-10/h3-7,11H,9H2,1-2H3. The molecular formula is C13H14N2O. The van der Waals surface area contributed by atoms with E-state index in [-0.39, 0.29) is 11.4 Å². The second-order valence-corrected chi connectivity index (χ2v) is 4.63. The summed E-state index contributed by atoms with van der Waals surface area (Å²) in [7, 11) is 0. The molecule has 1 atom stereocenters. The first-order valence-corrected chi connectivity index (χ1v) is 5.32. The number of nitriles is 1. The number of β-lactam (4-membered cyclic amide) rings is 1. The number of rotatable bonds is 2. The Labute approximate surface area is 95.3 Å². The zero-order chi connectivity index (χ0) is 11.8. The van der Waals surface area contributed by atoms with E-state index in [1.54, 1.807) is 4.90 Å². The van der Waals surface area contributed by atoms with E-state index < -0.39 is 5.92 Å². The van der Waals surface area contributed by atoms with Gasteiger partial charge in [-0.05, 0) is 19.4 Å². The van der Waals surface area contributed by atoms with Crippen LogP contribution >= 0.6 is 0 Å². The maximum Gasteiger partial charge on any atom is 0.243 e. The van der Waals surface area contributed by atoms with E-state index in [0.717, 1.165) is 5.56 Å². The third-order valence-corrected chi connectivity index (χ3v) is 3.23. The summed E-state index contributed by atoms with van der Waals surface area (Å²) in [4.78, 5) is 13.5. The molecule has 3 nitrogen and oxygen atoms in total. The molecule has 1 aromatic carbocycles. The molecule has 1 aromatic rings. The van der Waals surface area contributed by atoms with Crippen LogP contribution in [-0.4, -0.2) is 16.3 Å². The summed E-state index contributed by atoms with van der Waals surface area (Å²) in [6, 6.07) is 11.9. The number of amides is 1. The number of likely N-dealkylation sites (tertiary alicyclic amines) is 1. The van der Waals surface area contributed by atoms with Crippen LogP contribution in [0.25, 0.3) is 0 Å². The number of hydrogen-bond donors (Lipinski definition) is 0. The van der Waals surface area contributed by atoms with E-state index in [1.165, 1.54) is 0 Å². The van der Waals surface area contributed by atoms with Gasteiger partial charge in [-0.25, -0.2) is 0 Å². The van der Waals surface area contributed by atoms with Crippen molar-refractivity contribution in [1.82, 2.24) is 4.90 Å². The smallest absolute Gasteiger partial charge is 0.243 e. The second kappa shape index (κ2) is 3.64. The zero-order valence-corrected chi connectivity index (χ0v) is 9.47. The van der Waals surface area contributed by atoms with Crippen molar-refractivity contribution >= 4 is 5.91 Å². The van der Waals surface area contributed by atoms with Crippen molar-refractivity contribution in [3.8, 4) is 6.07 Å². The minimum Gasteiger partial charge on any atom is -0.330 e. The zero-order valence-electron chi connectivity index (χ0n) is 9.47. The Morgan fingerprint density at radius 1 is 1.38 bits per heavy atom. The Hall–Kier alpha value is -1.82. The highest BCUT2D eigenvalue weighted by Crippen LogP contribution is 2.37. The quantitative estimate of drug-likeness (QED) is 0.706. The monoisotopic (exact) mass is 214 g/mol. The molecule has 3 heteroatoms. The molecule has 1 aliphatic rings. The van der Waals surface area contributed by atoms with E-state index in [0.29, 0.717) is 6.54 Å². The highest BCUT2D eigenvalue weighted by molar-refractivity contribution is 5.90. The van der Waals surface area contributed by atoms with Gasteiger partial charge in [0.25, 0.3) is 0 Å². The predicted molar refractivity (Wildman–Crippen MR) is 60.2 cm³/mol. The van der Waals surface area contributed by atoms with Crippen LogP contribution in [0.4, 0.5) is 0 Å². The predicted octanol–water partition coefficient (Wildman–Crippen LogP) is 1.95. The number of carbonyl (C=O) groups excluding carboxylic acids is 1. The van der Waals surface area contributed by atoms with E-state index in [9.17, 15) is 4.79 Å². The topological polar surface area (TPSA) is 44.1 Å². The first-order valence-electron chi connectivity index (χ1n) is 5.32. The lowest BCUT2D eigenvalue weighted by molar-refractivity contribution is -0.162. The summed E-state index contributed by atoms with van der Waals surface area (Å²) in [5.41, 5.74) is 0.752. The van der Waals surface area contributed by atoms with Gasteiger partial charge in [0.15, 0.2) is 0 Å². The maximum absolute atomic E-state index is 11.7. The fourth-order valence-corrected chi connectivity index (χ4v) is 2.09. The average Bonchev–Trinajstić information content (AvgIpc) is 2.27. The van der Waals surface area contributed by atoms with Gasteiger partial charge in [-0.2, -0.15) is 5.26 Å². The van der Waals surface area contributed by atoms with Gasteiger partial charge in [0.2, 0.25) is 5.91 Å². The van der Waals surface area contributed by atoms with Gasteiger partial charge in [-0.15, -0.1) is 0 Å². The fourth-order valence-electron chi connectivity index (χ4n) is 2.09. The molecule has 1 aliphatic heterocycles. The molecule has 1 amide bonds. The van der Waals surface area contributed by atoms with Gasteiger partial charge in [0.05, 0.1) is 11.6 Å². The van der Waals surface area contributed by atoms with Crippen molar-refractivity contribution in [3.63, 3.8) is 0 Å². The lowest BCUT2D eigenvalue weighted by atomic mass is 9.76. The summed E-state index contributed by atoms with van der Waals surface area (Å²) in [6.45, 7) is 4.46. The van der Waals surface area contributed by atoms with E-state index in [4.69, 9.17) is 5.26 Å². The summed E-state index contributed by atoms with van der Waals surface area (Å²) < 4.78 is 0. The summed E-state index contributed by atoms with van der Waals surface area (Å²) >= 11 is 0. The van der Waals surface area contributed by atoms with Gasteiger partial charge in [0.1, 0.15) is 5.92 Å². The number of nitrogens with zero attached hydrogens (tertiary/aromatic N) is 2. The Morgan fingerprint density at radius 2 is 2.00 bits per heavy atom. The molecule has 0 N–H and O–H groups in total. The van der Waals surface area contributed by atoms with Gasteiger partial charge in [-0.3, -0.25) is 4.79 Å². The maximum atomic E-state index is 11.7. The molecule has 1 fully saturated rings. The molecule has 0 aromatic heterocycles. The van der Waals surface area contributed by atoms with Crippen molar-refractivity contribution in [3.05, 3.63) is 35.9 Å². The molecule has 0 spiro atoms. The molecule has 0 aliphatic carbocycles. The van der Waals surface area contributed by atoms with Crippen LogP contribution in [0.15, 0.2) is 30.3 Å². The van der Waals surface area contributed by atoms with Gasteiger partial charge in [-0.1, -0.05) is 30.3 Å². The highest BCUT2D eigenvalue weighted by atomic mass is 16.2. The number of benzene rings is 1. The second-order valence-electron chi connectivity index (χ2n) is 4.63. The molecular weight excluding hydrogens is 200 g/mol. The third kappa shape index (κ3) is 1.47. The van der Waals surface area contributed by atoms with Gasteiger partial charge < -0.3 is 4.90 Å². The van der Waals surface area contributed by atoms with Crippen LogP contribution < -0.4 is 0 Å². The fraction of sp³-hybridized carbons (Fsp3) is 0.385.